The molecule has 0 saturated heterocycles. The number of hydrogen-bond acceptors (Lipinski definition) is 3. The summed E-state index contributed by atoms with van der Waals surface area (Å²) < 4.78 is 14.9. The zero-order valence-electron chi connectivity index (χ0n) is 11.7. The van der Waals surface area contributed by atoms with Crippen LogP contribution in [0.5, 0.6) is 0 Å². The van der Waals surface area contributed by atoms with Crippen LogP contribution in [0.15, 0.2) is 60.8 Å². The van der Waals surface area contributed by atoms with Gasteiger partial charge in [0.1, 0.15) is 11.9 Å². The average Bonchev–Trinajstić information content (AvgIpc) is 3.03. The second-order valence-electron chi connectivity index (χ2n) is 4.74. The van der Waals surface area contributed by atoms with Crippen LogP contribution in [0.25, 0.3) is 5.69 Å². The summed E-state index contributed by atoms with van der Waals surface area (Å²) in [7, 11) is 0. The molecule has 0 unspecified atom stereocenters. The first kappa shape index (κ1) is 13.8. The van der Waals surface area contributed by atoms with Crippen molar-refractivity contribution in [1.82, 2.24) is 9.78 Å². The second-order valence-corrected chi connectivity index (χ2v) is 4.74. The highest BCUT2D eigenvalue weighted by atomic mass is 19.1. The molecule has 5 heteroatoms. The van der Waals surface area contributed by atoms with Crippen LogP contribution in [0.2, 0.25) is 0 Å². The molecule has 0 radical (unpaired) electrons. The number of aromatic nitrogens is 2. The Bertz CT molecular complexity index is 818. The van der Waals surface area contributed by atoms with Crippen molar-refractivity contribution in [3.05, 3.63) is 77.9 Å². The third-order valence-electron chi connectivity index (χ3n) is 3.23. The summed E-state index contributed by atoms with van der Waals surface area (Å²) in [6.45, 7) is 0.458. The molecule has 22 heavy (non-hydrogen) atoms. The van der Waals surface area contributed by atoms with E-state index in [0.717, 1.165) is 11.4 Å². The molecule has 0 aliphatic carbocycles. The fraction of sp³-hybridized carbons (Fsp3) is 0.0588. The van der Waals surface area contributed by atoms with Gasteiger partial charge < -0.3 is 5.32 Å². The Morgan fingerprint density at radius 3 is 2.73 bits per heavy atom. The monoisotopic (exact) mass is 292 g/mol. The van der Waals surface area contributed by atoms with Crippen LogP contribution >= 0.6 is 0 Å². The van der Waals surface area contributed by atoms with Gasteiger partial charge in [-0.3, -0.25) is 0 Å². The quantitative estimate of drug-likeness (QED) is 0.800. The summed E-state index contributed by atoms with van der Waals surface area (Å²) in [5.41, 5.74) is 2.69. The zero-order chi connectivity index (χ0) is 15.4. The Kier molecular flexibility index (Phi) is 3.84. The van der Waals surface area contributed by atoms with Crippen LogP contribution in [0.1, 0.15) is 11.3 Å². The highest BCUT2D eigenvalue weighted by molar-refractivity contribution is 5.57. The van der Waals surface area contributed by atoms with E-state index in [1.807, 2.05) is 48.7 Å². The first-order valence-electron chi connectivity index (χ1n) is 6.80. The first-order valence-corrected chi connectivity index (χ1v) is 6.80. The first-order chi connectivity index (χ1) is 10.8. The van der Waals surface area contributed by atoms with E-state index >= 15 is 0 Å². The predicted octanol–water partition coefficient (Wildman–Crippen LogP) is 3.50. The van der Waals surface area contributed by atoms with Crippen molar-refractivity contribution in [2.24, 2.45) is 0 Å². The normalized spacial score (nSPS) is 10.2. The van der Waals surface area contributed by atoms with Crippen molar-refractivity contribution in [1.29, 1.82) is 5.26 Å². The van der Waals surface area contributed by atoms with Gasteiger partial charge in [-0.1, -0.05) is 18.2 Å². The average molecular weight is 292 g/mol. The molecule has 108 valence electrons. The molecule has 0 saturated carbocycles. The molecule has 0 amide bonds. The third kappa shape index (κ3) is 2.96. The molecular formula is C17H13FN4. The minimum absolute atomic E-state index is 0.280. The standard InChI is InChI=1S/C17H13FN4/c18-14-6-7-17(13(10-14)11-19)20-12-15-8-9-22(21-15)16-4-2-1-3-5-16/h1-10,20H,12H2. The van der Waals surface area contributed by atoms with Crippen LogP contribution in [-0.2, 0) is 6.54 Å². The number of benzene rings is 2. The van der Waals surface area contributed by atoms with Crippen LogP contribution in [0.3, 0.4) is 0 Å². The molecule has 1 aromatic heterocycles. The maximum absolute atomic E-state index is 13.1. The lowest BCUT2D eigenvalue weighted by molar-refractivity contribution is 0.627. The summed E-state index contributed by atoms with van der Waals surface area (Å²) in [4.78, 5) is 0. The lowest BCUT2D eigenvalue weighted by atomic mass is 10.2. The number of para-hydroxylation sites is 1. The molecular weight excluding hydrogens is 279 g/mol. The van der Waals surface area contributed by atoms with E-state index in [0.29, 0.717) is 12.2 Å². The van der Waals surface area contributed by atoms with Gasteiger partial charge in [0.15, 0.2) is 0 Å². The fourth-order valence-corrected chi connectivity index (χ4v) is 2.13. The fourth-order valence-electron chi connectivity index (χ4n) is 2.13. The Labute approximate surface area is 127 Å². The van der Waals surface area contributed by atoms with Gasteiger partial charge in [-0.05, 0) is 36.4 Å². The smallest absolute Gasteiger partial charge is 0.124 e. The minimum Gasteiger partial charge on any atom is -0.378 e. The van der Waals surface area contributed by atoms with Gasteiger partial charge in [-0.2, -0.15) is 10.4 Å². The molecule has 0 bridgehead atoms. The SMILES string of the molecule is N#Cc1cc(F)ccc1NCc1ccn(-c2ccccc2)n1. The summed E-state index contributed by atoms with van der Waals surface area (Å²) in [5.74, 6) is -0.421. The Hall–Kier alpha value is -3.13. The summed E-state index contributed by atoms with van der Waals surface area (Å²) >= 11 is 0. The van der Waals surface area contributed by atoms with Crippen molar-refractivity contribution < 1.29 is 4.39 Å². The lowest BCUT2D eigenvalue weighted by Crippen LogP contribution is -2.03. The summed E-state index contributed by atoms with van der Waals surface area (Å²) in [5, 5.41) is 16.6. The number of rotatable bonds is 4. The van der Waals surface area contributed by atoms with Crippen LogP contribution in [-0.4, -0.2) is 9.78 Å². The predicted molar refractivity (Wildman–Crippen MR) is 82.0 cm³/mol. The topological polar surface area (TPSA) is 53.6 Å². The van der Waals surface area contributed by atoms with E-state index in [1.54, 1.807) is 10.7 Å². The molecule has 0 aliphatic rings. The van der Waals surface area contributed by atoms with Crippen molar-refractivity contribution >= 4 is 5.69 Å². The molecule has 0 atom stereocenters. The van der Waals surface area contributed by atoms with Gasteiger partial charge in [0, 0.05) is 6.20 Å². The van der Waals surface area contributed by atoms with E-state index in [-0.39, 0.29) is 5.56 Å². The van der Waals surface area contributed by atoms with Crippen LogP contribution in [0, 0.1) is 17.1 Å². The Morgan fingerprint density at radius 1 is 1.14 bits per heavy atom. The van der Waals surface area contributed by atoms with Crippen molar-refractivity contribution in [3.8, 4) is 11.8 Å². The number of hydrogen-bond donors (Lipinski definition) is 1. The number of nitrogens with one attached hydrogen (secondary N) is 1. The van der Waals surface area contributed by atoms with Crippen molar-refractivity contribution in [3.63, 3.8) is 0 Å². The second kappa shape index (κ2) is 6.10. The molecule has 1 N–H and O–H groups in total. The lowest BCUT2D eigenvalue weighted by Gasteiger charge is -2.06. The highest BCUT2D eigenvalue weighted by Gasteiger charge is 2.05. The van der Waals surface area contributed by atoms with Gasteiger partial charge in [0.2, 0.25) is 0 Å². The van der Waals surface area contributed by atoms with E-state index in [9.17, 15) is 4.39 Å². The maximum Gasteiger partial charge on any atom is 0.124 e. The van der Waals surface area contributed by atoms with Gasteiger partial charge in [-0.25, -0.2) is 9.07 Å². The van der Waals surface area contributed by atoms with Gasteiger partial charge >= 0.3 is 0 Å². The highest BCUT2D eigenvalue weighted by Crippen LogP contribution is 2.17. The molecule has 2 aromatic carbocycles. The van der Waals surface area contributed by atoms with Gasteiger partial charge in [0.25, 0.3) is 0 Å². The maximum atomic E-state index is 13.1. The van der Waals surface area contributed by atoms with Crippen molar-refractivity contribution in [2.75, 3.05) is 5.32 Å². The summed E-state index contributed by atoms with van der Waals surface area (Å²) in [6.07, 6.45) is 1.88. The molecule has 4 nitrogen and oxygen atoms in total. The van der Waals surface area contributed by atoms with Crippen molar-refractivity contribution in [2.45, 2.75) is 6.54 Å². The van der Waals surface area contributed by atoms with Gasteiger partial charge in [0.05, 0.1) is 29.2 Å². The number of halogens is 1. The van der Waals surface area contributed by atoms with Crippen LogP contribution in [0.4, 0.5) is 10.1 Å². The Morgan fingerprint density at radius 2 is 1.95 bits per heavy atom. The number of anilines is 1. The molecule has 0 spiro atoms. The molecule has 0 fully saturated rings. The van der Waals surface area contributed by atoms with E-state index in [2.05, 4.69) is 10.4 Å². The third-order valence-corrected chi connectivity index (χ3v) is 3.23. The molecule has 0 aliphatic heterocycles. The zero-order valence-corrected chi connectivity index (χ0v) is 11.7. The summed E-state index contributed by atoms with van der Waals surface area (Å²) in [6, 6.07) is 17.8. The van der Waals surface area contributed by atoms with E-state index < -0.39 is 5.82 Å². The molecule has 3 rings (SSSR count). The number of nitriles is 1. The minimum atomic E-state index is -0.421. The Balaban J connectivity index is 1.73. The van der Waals surface area contributed by atoms with E-state index in [1.165, 1.54) is 12.1 Å². The van der Waals surface area contributed by atoms with E-state index in [4.69, 9.17) is 5.26 Å². The number of nitrogens with zero attached hydrogens (tertiary/aromatic N) is 3. The van der Waals surface area contributed by atoms with Crippen LogP contribution < -0.4 is 5.32 Å². The molecule has 3 aromatic rings. The largest absolute Gasteiger partial charge is 0.378 e. The van der Waals surface area contributed by atoms with Gasteiger partial charge in [-0.15, -0.1) is 0 Å². The molecule has 1 heterocycles.